The number of imide groups is 1. The largest absolute Gasteiger partial charge is 0.494 e. The van der Waals surface area contributed by atoms with E-state index in [0.717, 1.165) is 48.7 Å². The number of piperidine rings is 1. The Hall–Kier alpha value is -3.19. The van der Waals surface area contributed by atoms with Crippen molar-refractivity contribution in [2.24, 2.45) is 0 Å². The SMILES string of the molecule is CCOc1ccc(N2C(=O)C[C@H](N3CCC(c4nc5ccccc5o4)CC3)C2=O)cc1. The molecule has 2 amide bonds. The Labute approximate surface area is 180 Å². The molecule has 7 nitrogen and oxygen atoms in total. The van der Waals surface area contributed by atoms with E-state index in [1.54, 1.807) is 24.3 Å². The number of para-hydroxylation sites is 2. The maximum Gasteiger partial charge on any atom is 0.251 e. The maximum atomic E-state index is 13.1. The number of anilines is 1. The van der Waals surface area contributed by atoms with Gasteiger partial charge in [-0.15, -0.1) is 0 Å². The van der Waals surface area contributed by atoms with Gasteiger partial charge in [-0.05, 0) is 69.3 Å². The second kappa shape index (κ2) is 8.15. The molecule has 2 aromatic carbocycles. The minimum Gasteiger partial charge on any atom is -0.494 e. The van der Waals surface area contributed by atoms with Crippen LogP contribution in [0.15, 0.2) is 52.9 Å². The Morgan fingerprint density at radius 2 is 1.81 bits per heavy atom. The van der Waals surface area contributed by atoms with Crippen LogP contribution in [0.4, 0.5) is 5.69 Å². The highest BCUT2D eigenvalue weighted by Crippen LogP contribution is 2.33. The first kappa shape index (κ1) is 19.8. The monoisotopic (exact) mass is 419 g/mol. The minimum atomic E-state index is -0.399. The van der Waals surface area contributed by atoms with Gasteiger partial charge in [0.2, 0.25) is 5.91 Å². The molecule has 0 aliphatic carbocycles. The van der Waals surface area contributed by atoms with Crippen molar-refractivity contribution >= 4 is 28.6 Å². The van der Waals surface area contributed by atoms with E-state index in [1.165, 1.54) is 4.90 Å². The number of likely N-dealkylation sites (tertiary alicyclic amines) is 1. The predicted molar refractivity (Wildman–Crippen MR) is 116 cm³/mol. The standard InChI is InChI=1S/C24H25N3O4/c1-2-30-18-9-7-17(8-10-18)27-22(28)15-20(24(27)29)26-13-11-16(12-14-26)23-25-19-5-3-4-6-21(19)31-23/h3-10,16,20H,2,11-15H2,1H3/t20-/m0/s1. The van der Waals surface area contributed by atoms with Crippen LogP contribution in [0.5, 0.6) is 5.75 Å². The molecule has 5 rings (SSSR count). The van der Waals surface area contributed by atoms with Crippen LogP contribution in [0.25, 0.3) is 11.1 Å². The van der Waals surface area contributed by atoms with Gasteiger partial charge in [0.05, 0.1) is 24.8 Å². The van der Waals surface area contributed by atoms with Crippen LogP contribution in [0.1, 0.15) is 38.0 Å². The fourth-order valence-corrected chi connectivity index (χ4v) is 4.55. The van der Waals surface area contributed by atoms with Gasteiger partial charge in [-0.25, -0.2) is 9.88 Å². The number of amides is 2. The summed E-state index contributed by atoms with van der Waals surface area (Å²) in [4.78, 5) is 33.8. The van der Waals surface area contributed by atoms with Gasteiger partial charge in [0.25, 0.3) is 5.91 Å². The van der Waals surface area contributed by atoms with Crippen LogP contribution in [-0.4, -0.2) is 47.4 Å². The Bertz CT molecular complexity index is 1070. The Balaban J connectivity index is 1.25. The van der Waals surface area contributed by atoms with Crippen LogP contribution in [0, 0.1) is 0 Å². The highest BCUT2D eigenvalue weighted by Gasteiger charge is 2.43. The number of rotatable bonds is 5. The molecule has 160 valence electrons. The van der Waals surface area contributed by atoms with E-state index in [-0.39, 0.29) is 24.2 Å². The van der Waals surface area contributed by atoms with Crippen LogP contribution in [-0.2, 0) is 9.59 Å². The summed E-state index contributed by atoms with van der Waals surface area (Å²) in [7, 11) is 0. The van der Waals surface area contributed by atoms with Crippen molar-refractivity contribution in [3.05, 3.63) is 54.4 Å². The molecule has 2 aliphatic rings. The molecule has 0 N–H and O–H groups in total. The van der Waals surface area contributed by atoms with E-state index >= 15 is 0 Å². The molecule has 2 saturated heterocycles. The van der Waals surface area contributed by atoms with Gasteiger partial charge in [0, 0.05) is 5.92 Å². The van der Waals surface area contributed by atoms with Crippen molar-refractivity contribution in [1.82, 2.24) is 9.88 Å². The summed E-state index contributed by atoms with van der Waals surface area (Å²) < 4.78 is 11.4. The minimum absolute atomic E-state index is 0.144. The van der Waals surface area contributed by atoms with Crippen molar-refractivity contribution in [2.45, 2.75) is 38.1 Å². The number of hydrogen-bond donors (Lipinski definition) is 0. The molecule has 2 aliphatic heterocycles. The first-order chi connectivity index (χ1) is 15.1. The highest BCUT2D eigenvalue weighted by atomic mass is 16.5. The van der Waals surface area contributed by atoms with Gasteiger partial charge in [0.15, 0.2) is 11.5 Å². The average molecular weight is 419 g/mol. The number of carbonyl (C=O) groups excluding carboxylic acids is 2. The molecule has 1 aromatic heterocycles. The molecular weight excluding hydrogens is 394 g/mol. The van der Waals surface area contributed by atoms with E-state index in [1.807, 2.05) is 31.2 Å². The van der Waals surface area contributed by atoms with E-state index in [9.17, 15) is 9.59 Å². The molecule has 0 bridgehead atoms. The van der Waals surface area contributed by atoms with E-state index in [0.29, 0.717) is 12.3 Å². The second-order valence-corrected chi connectivity index (χ2v) is 8.04. The molecule has 3 heterocycles. The molecule has 3 aromatic rings. The summed E-state index contributed by atoms with van der Waals surface area (Å²) in [5, 5.41) is 0. The number of oxazole rings is 1. The van der Waals surface area contributed by atoms with Crippen LogP contribution in [0.3, 0.4) is 0 Å². The average Bonchev–Trinajstić information content (AvgIpc) is 3.35. The molecule has 0 saturated carbocycles. The quantitative estimate of drug-likeness (QED) is 0.587. The predicted octanol–water partition coefficient (Wildman–Crippen LogP) is 3.74. The molecular formula is C24H25N3O4. The van der Waals surface area contributed by atoms with Crippen LogP contribution >= 0.6 is 0 Å². The van der Waals surface area contributed by atoms with Crippen molar-refractivity contribution in [1.29, 1.82) is 0 Å². The molecule has 0 unspecified atom stereocenters. The number of ether oxygens (including phenoxy) is 1. The van der Waals surface area contributed by atoms with Crippen molar-refractivity contribution < 1.29 is 18.7 Å². The van der Waals surface area contributed by atoms with E-state index < -0.39 is 6.04 Å². The summed E-state index contributed by atoms with van der Waals surface area (Å²) in [6, 6.07) is 14.5. The van der Waals surface area contributed by atoms with Crippen molar-refractivity contribution in [3.8, 4) is 5.75 Å². The lowest BCUT2D eigenvalue weighted by atomic mass is 9.95. The number of aromatic nitrogens is 1. The Morgan fingerprint density at radius 3 is 2.52 bits per heavy atom. The lowest BCUT2D eigenvalue weighted by molar-refractivity contribution is -0.123. The van der Waals surface area contributed by atoms with E-state index in [4.69, 9.17) is 9.15 Å². The van der Waals surface area contributed by atoms with Gasteiger partial charge in [-0.3, -0.25) is 14.5 Å². The van der Waals surface area contributed by atoms with Crippen molar-refractivity contribution in [3.63, 3.8) is 0 Å². The Kier molecular flexibility index (Phi) is 5.19. The summed E-state index contributed by atoms with van der Waals surface area (Å²) in [6.07, 6.45) is 1.93. The van der Waals surface area contributed by atoms with Gasteiger partial charge in [-0.2, -0.15) is 0 Å². The number of benzene rings is 2. The zero-order chi connectivity index (χ0) is 21.4. The third-order valence-electron chi connectivity index (χ3n) is 6.16. The zero-order valence-electron chi connectivity index (χ0n) is 17.5. The fourth-order valence-electron chi connectivity index (χ4n) is 4.55. The second-order valence-electron chi connectivity index (χ2n) is 8.04. The number of nitrogens with zero attached hydrogens (tertiary/aromatic N) is 3. The topological polar surface area (TPSA) is 75.9 Å². The van der Waals surface area contributed by atoms with Gasteiger partial charge < -0.3 is 9.15 Å². The first-order valence-corrected chi connectivity index (χ1v) is 10.8. The van der Waals surface area contributed by atoms with Gasteiger partial charge in [0.1, 0.15) is 11.3 Å². The van der Waals surface area contributed by atoms with E-state index in [2.05, 4.69) is 9.88 Å². The molecule has 31 heavy (non-hydrogen) atoms. The van der Waals surface area contributed by atoms with Crippen LogP contribution in [0.2, 0.25) is 0 Å². The third-order valence-corrected chi connectivity index (χ3v) is 6.16. The number of fused-ring (bicyclic) bond motifs is 1. The lowest BCUT2D eigenvalue weighted by Gasteiger charge is -2.33. The third kappa shape index (κ3) is 3.70. The highest BCUT2D eigenvalue weighted by molar-refractivity contribution is 6.22. The Morgan fingerprint density at radius 1 is 1.06 bits per heavy atom. The first-order valence-electron chi connectivity index (χ1n) is 10.8. The molecule has 1 atom stereocenters. The number of hydrogen-bond acceptors (Lipinski definition) is 6. The van der Waals surface area contributed by atoms with Gasteiger partial charge >= 0.3 is 0 Å². The fraction of sp³-hybridized carbons (Fsp3) is 0.375. The number of carbonyl (C=O) groups is 2. The molecule has 2 fully saturated rings. The summed E-state index contributed by atoms with van der Waals surface area (Å²) in [5.41, 5.74) is 2.28. The molecule has 0 radical (unpaired) electrons. The normalized spacial score (nSPS) is 20.7. The smallest absolute Gasteiger partial charge is 0.251 e. The van der Waals surface area contributed by atoms with Gasteiger partial charge in [-0.1, -0.05) is 12.1 Å². The lowest BCUT2D eigenvalue weighted by Crippen LogP contribution is -2.45. The summed E-state index contributed by atoms with van der Waals surface area (Å²) in [6.45, 7) is 3.97. The van der Waals surface area contributed by atoms with Crippen molar-refractivity contribution in [2.75, 3.05) is 24.6 Å². The molecule has 0 spiro atoms. The van der Waals surface area contributed by atoms with Crippen LogP contribution < -0.4 is 9.64 Å². The molecule has 7 heteroatoms. The summed E-state index contributed by atoms with van der Waals surface area (Å²) in [5.74, 6) is 1.43. The zero-order valence-corrected chi connectivity index (χ0v) is 17.5. The maximum absolute atomic E-state index is 13.1. The summed E-state index contributed by atoms with van der Waals surface area (Å²) >= 11 is 0.